The second kappa shape index (κ2) is 9.39. The molecule has 0 spiro atoms. The highest BCUT2D eigenvalue weighted by Gasteiger charge is 2.18. The molecule has 8 heteroatoms. The van der Waals surface area contributed by atoms with E-state index in [-0.39, 0.29) is 5.91 Å². The predicted molar refractivity (Wildman–Crippen MR) is 89.5 cm³/mol. The van der Waals surface area contributed by atoms with Gasteiger partial charge in [-0.1, -0.05) is 0 Å². The van der Waals surface area contributed by atoms with Gasteiger partial charge < -0.3 is 19.1 Å². The number of carbonyl (C=O) groups is 2. The molecule has 2 amide bonds. The predicted octanol–water partition coefficient (Wildman–Crippen LogP) is 1.63. The Morgan fingerprint density at radius 2 is 2.04 bits per heavy atom. The molecule has 0 saturated carbocycles. The summed E-state index contributed by atoms with van der Waals surface area (Å²) in [5.74, 6) is 0.793. The third kappa shape index (κ3) is 5.79. The Morgan fingerprint density at radius 3 is 2.62 bits per heavy atom. The molecule has 0 aliphatic heterocycles. The first-order valence-corrected chi connectivity index (χ1v) is 7.40. The van der Waals surface area contributed by atoms with E-state index in [1.165, 1.54) is 18.2 Å². The topological polar surface area (TPSA) is 89.5 Å². The molecular formula is C16H23N3O5. The average molecular weight is 337 g/mol. The summed E-state index contributed by atoms with van der Waals surface area (Å²) >= 11 is 0. The molecule has 132 valence electrons. The van der Waals surface area contributed by atoms with Crippen LogP contribution in [-0.4, -0.2) is 57.0 Å². The van der Waals surface area contributed by atoms with Crippen molar-refractivity contribution in [2.45, 2.75) is 20.0 Å². The maximum Gasteiger partial charge on any atom is 0.427 e. The Labute approximate surface area is 141 Å². The third-order valence-electron chi connectivity index (χ3n) is 2.91. The minimum absolute atomic E-state index is 0.148. The van der Waals surface area contributed by atoms with Crippen LogP contribution in [0.4, 0.5) is 4.79 Å². The Kier molecular flexibility index (Phi) is 7.54. The summed E-state index contributed by atoms with van der Waals surface area (Å²) in [6.07, 6.45) is 0.143. The number of rotatable bonds is 7. The lowest BCUT2D eigenvalue weighted by atomic mass is 10.2. The minimum Gasteiger partial charge on any atom is -0.490 e. The van der Waals surface area contributed by atoms with Crippen molar-refractivity contribution in [1.29, 1.82) is 0 Å². The molecule has 0 fully saturated rings. The SMILES string of the molecule is CCOc1cc(/C=N\NC(=O)OC)ccc1O[C@@H](C)C(=O)N(C)C. The van der Waals surface area contributed by atoms with E-state index >= 15 is 0 Å². The fourth-order valence-corrected chi connectivity index (χ4v) is 1.78. The van der Waals surface area contributed by atoms with Crippen LogP contribution in [0.15, 0.2) is 23.3 Å². The van der Waals surface area contributed by atoms with E-state index < -0.39 is 12.2 Å². The Bertz CT molecular complexity index is 601. The summed E-state index contributed by atoms with van der Waals surface area (Å²) < 4.78 is 15.6. The monoisotopic (exact) mass is 337 g/mol. The lowest BCUT2D eigenvalue weighted by molar-refractivity contribution is -0.135. The molecule has 1 aromatic rings. The Hall–Kier alpha value is -2.77. The van der Waals surface area contributed by atoms with Crippen molar-refractivity contribution < 1.29 is 23.8 Å². The molecule has 0 bridgehead atoms. The molecule has 8 nitrogen and oxygen atoms in total. The molecule has 0 saturated heterocycles. The van der Waals surface area contributed by atoms with E-state index in [0.717, 1.165) is 0 Å². The van der Waals surface area contributed by atoms with Gasteiger partial charge in [0, 0.05) is 14.1 Å². The number of hydrazone groups is 1. The molecule has 0 heterocycles. The van der Waals surface area contributed by atoms with E-state index in [1.807, 2.05) is 6.92 Å². The highest BCUT2D eigenvalue weighted by molar-refractivity contribution is 5.82. The lowest BCUT2D eigenvalue weighted by Crippen LogP contribution is -2.35. The fraction of sp³-hybridized carbons (Fsp3) is 0.438. The van der Waals surface area contributed by atoms with Crippen LogP contribution in [0.3, 0.4) is 0 Å². The summed E-state index contributed by atoms with van der Waals surface area (Å²) in [5, 5.41) is 3.75. The van der Waals surface area contributed by atoms with Gasteiger partial charge in [-0.2, -0.15) is 5.10 Å². The van der Waals surface area contributed by atoms with Crippen LogP contribution in [0.25, 0.3) is 0 Å². The average Bonchev–Trinajstić information content (AvgIpc) is 2.56. The minimum atomic E-state index is -0.660. The molecule has 1 atom stereocenters. The van der Waals surface area contributed by atoms with Crippen LogP contribution < -0.4 is 14.9 Å². The Morgan fingerprint density at radius 1 is 1.33 bits per heavy atom. The molecule has 0 aliphatic rings. The standard InChI is InChI=1S/C16H23N3O5/c1-6-23-14-9-12(10-17-18-16(21)22-5)7-8-13(14)24-11(2)15(20)19(3)4/h7-11H,6H2,1-5H3,(H,18,21)/b17-10-/t11-/m0/s1. The molecule has 1 rings (SSSR count). The van der Waals surface area contributed by atoms with Gasteiger partial charge in [-0.25, -0.2) is 10.2 Å². The molecule has 0 aromatic heterocycles. The number of hydrogen-bond donors (Lipinski definition) is 1. The van der Waals surface area contributed by atoms with Gasteiger partial charge in [0.15, 0.2) is 17.6 Å². The van der Waals surface area contributed by atoms with Crippen LogP contribution in [0.5, 0.6) is 11.5 Å². The lowest BCUT2D eigenvalue weighted by Gasteiger charge is -2.20. The third-order valence-corrected chi connectivity index (χ3v) is 2.91. The summed E-state index contributed by atoms with van der Waals surface area (Å²) in [5.41, 5.74) is 2.88. The number of nitrogens with one attached hydrogen (secondary N) is 1. The van der Waals surface area contributed by atoms with E-state index in [2.05, 4.69) is 15.3 Å². The number of hydrogen-bond acceptors (Lipinski definition) is 6. The highest BCUT2D eigenvalue weighted by Crippen LogP contribution is 2.29. The zero-order valence-electron chi connectivity index (χ0n) is 14.5. The molecular weight excluding hydrogens is 314 g/mol. The first-order valence-electron chi connectivity index (χ1n) is 7.40. The molecule has 0 radical (unpaired) electrons. The number of likely N-dealkylation sites (N-methyl/N-ethyl adjacent to an activating group) is 1. The van der Waals surface area contributed by atoms with Gasteiger partial charge in [0.1, 0.15) is 0 Å². The number of methoxy groups -OCH3 is 1. The van der Waals surface area contributed by atoms with Crippen LogP contribution in [0, 0.1) is 0 Å². The second-order valence-corrected chi connectivity index (χ2v) is 4.99. The fourth-order valence-electron chi connectivity index (χ4n) is 1.78. The van der Waals surface area contributed by atoms with E-state index in [4.69, 9.17) is 9.47 Å². The first kappa shape index (κ1) is 19.3. The number of benzene rings is 1. The van der Waals surface area contributed by atoms with Crippen molar-refractivity contribution >= 4 is 18.2 Å². The number of ether oxygens (including phenoxy) is 3. The number of carbonyl (C=O) groups excluding carboxylic acids is 2. The van der Waals surface area contributed by atoms with Crippen molar-refractivity contribution in [3.8, 4) is 11.5 Å². The van der Waals surface area contributed by atoms with Crippen molar-refractivity contribution in [1.82, 2.24) is 10.3 Å². The molecule has 24 heavy (non-hydrogen) atoms. The molecule has 1 N–H and O–H groups in total. The maximum absolute atomic E-state index is 11.9. The quantitative estimate of drug-likeness (QED) is 0.603. The van der Waals surface area contributed by atoms with Crippen LogP contribution in [0.2, 0.25) is 0 Å². The van der Waals surface area contributed by atoms with Crippen LogP contribution >= 0.6 is 0 Å². The number of amides is 2. The first-order chi connectivity index (χ1) is 11.4. The van der Waals surface area contributed by atoms with Gasteiger partial charge in [0.05, 0.1) is 19.9 Å². The van der Waals surface area contributed by atoms with Gasteiger partial charge in [0.2, 0.25) is 0 Å². The highest BCUT2D eigenvalue weighted by atomic mass is 16.5. The van der Waals surface area contributed by atoms with Crippen LogP contribution in [0.1, 0.15) is 19.4 Å². The summed E-state index contributed by atoms with van der Waals surface area (Å²) in [6, 6.07) is 5.12. The number of nitrogens with zero attached hydrogens (tertiary/aromatic N) is 2. The normalized spacial score (nSPS) is 11.7. The Balaban J connectivity index is 2.90. The zero-order valence-corrected chi connectivity index (χ0v) is 14.5. The van der Waals surface area contributed by atoms with Gasteiger partial charge >= 0.3 is 6.09 Å². The zero-order chi connectivity index (χ0) is 18.1. The summed E-state index contributed by atoms with van der Waals surface area (Å²) in [4.78, 5) is 24.3. The van der Waals surface area contributed by atoms with Crippen molar-refractivity contribution in [2.75, 3.05) is 27.8 Å². The van der Waals surface area contributed by atoms with E-state index in [9.17, 15) is 9.59 Å². The summed E-state index contributed by atoms with van der Waals surface area (Å²) in [6.45, 7) is 3.96. The summed E-state index contributed by atoms with van der Waals surface area (Å²) in [7, 11) is 4.58. The van der Waals surface area contributed by atoms with Gasteiger partial charge in [0.25, 0.3) is 5.91 Å². The molecule has 0 aliphatic carbocycles. The second-order valence-electron chi connectivity index (χ2n) is 4.99. The largest absolute Gasteiger partial charge is 0.490 e. The van der Waals surface area contributed by atoms with Gasteiger partial charge in [-0.3, -0.25) is 4.79 Å². The van der Waals surface area contributed by atoms with Crippen molar-refractivity contribution in [2.24, 2.45) is 5.10 Å². The molecule has 1 aromatic carbocycles. The van der Waals surface area contributed by atoms with E-state index in [1.54, 1.807) is 39.2 Å². The smallest absolute Gasteiger partial charge is 0.427 e. The van der Waals surface area contributed by atoms with E-state index in [0.29, 0.717) is 23.7 Å². The van der Waals surface area contributed by atoms with Crippen molar-refractivity contribution in [3.05, 3.63) is 23.8 Å². The van der Waals surface area contributed by atoms with Gasteiger partial charge in [-0.05, 0) is 37.6 Å². The van der Waals surface area contributed by atoms with Crippen LogP contribution in [-0.2, 0) is 9.53 Å². The van der Waals surface area contributed by atoms with Gasteiger partial charge in [-0.15, -0.1) is 0 Å². The maximum atomic E-state index is 11.9. The van der Waals surface area contributed by atoms with Crippen molar-refractivity contribution in [3.63, 3.8) is 0 Å². The molecule has 0 unspecified atom stereocenters.